The Hall–Kier alpha value is -4.58. The number of aryl methyl sites for hydroxylation is 2. The fraction of sp³-hybridized carbons (Fsp3) is 0.278. The van der Waals surface area contributed by atoms with Crippen molar-refractivity contribution < 1.29 is 19.1 Å². The van der Waals surface area contributed by atoms with Gasteiger partial charge in [-0.05, 0) is 136 Å². The van der Waals surface area contributed by atoms with Crippen LogP contribution in [0.5, 0.6) is 11.5 Å². The summed E-state index contributed by atoms with van der Waals surface area (Å²) in [5.74, 6) is 1.16. The Morgan fingerprint density at radius 3 is 1.26 bits per heavy atom. The van der Waals surface area contributed by atoms with E-state index in [0.717, 1.165) is 58.0 Å². The van der Waals surface area contributed by atoms with Crippen LogP contribution in [-0.2, 0) is 0 Å². The summed E-state index contributed by atoms with van der Waals surface area (Å²) < 4.78 is 11.6. The Morgan fingerprint density at radius 1 is 0.595 bits per heavy atom. The van der Waals surface area contributed by atoms with Crippen LogP contribution in [0.2, 0.25) is 0 Å². The van der Waals surface area contributed by atoms with Crippen LogP contribution in [0.15, 0.2) is 84.9 Å². The molecule has 4 rings (SSSR count). The van der Waals surface area contributed by atoms with E-state index < -0.39 is 0 Å². The molecule has 0 aromatic heterocycles. The van der Waals surface area contributed by atoms with Gasteiger partial charge in [0.25, 0.3) is 11.8 Å². The number of hydrogen-bond acceptors (Lipinski definition) is 4. The van der Waals surface area contributed by atoms with Crippen LogP contribution in [-0.4, -0.2) is 24.0 Å². The summed E-state index contributed by atoms with van der Waals surface area (Å²) in [6.07, 6.45) is 2.09. The molecule has 0 aliphatic rings. The predicted molar refractivity (Wildman–Crippen MR) is 171 cm³/mol. The van der Waals surface area contributed by atoms with E-state index in [1.54, 1.807) is 24.3 Å². The van der Waals surface area contributed by atoms with E-state index in [1.807, 2.05) is 76.2 Å². The first-order valence-corrected chi connectivity index (χ1v) is 14.5. The van der Waals surface area contributed by atoms with Crippen LogP contribution in [0.3, 0.4) is 0 Å². The van der Waals surface area contributed by atoms with E-state index in [1.165, 1.54) is 0 Å². The van der Waals surface area contributed by atoms with Gasteiger partial charge in [-0.3, -0.25) is 9.59 Å². The Labute approximate surface area is 249 Å². The molecule has 4 aromatic carbocycles. The molecule has 0 heterocycles. The highest BCUT2D eigenvalue weighted by molar-refractivity contribution is 6.05. The second-order valence-corrected chi connectivity index (χ2v) is 10.7. The van der Waals surface area contributed by atoms with Gasteiger partial charge in [0.15, 0.2) is 0 Å². The zero-order valence-electron chi connectivity index (χ0n) is 25.3. The highest BCUT2D eigenvalue weighted by atomic mass is 16.5. The lowest BCUT2D eigenvalue weighted by Gasteiger charge is -2.14. The number of ether oxygens (including phenoxy) is 2. The van der Waals surface area contributed by atoms with E-state index >= 15 is 0 Å². The Morgan fingerprint density at radius 2 is 0.952 bits per heavy atom. The number of anilines is 2. The Balaban J connectivity index is 1.40. The molecule has 218 valence electrons. The zero-order valence-corrected chi connectivity index (χ0v) is 25.3. The van der Waals surface area contributed by atoms with Crippen molar-refractivity contribution in [1.29, 1.82) is 0 Å². The van der Waals surface area contributed by atoms with Crippen LogP contribution in [0.1, 0.15) is 72.4 Å². The third kappa shape index (κ3) is 7.78. The molecular formula is C36H40N2O4. The SMILES string of the molecule is CCC(C)Oc1ccc(C(=O)Nc2ccc(-c3ccc(NC(=O)c4ccc(OC(C)CC)cc4)c(C)c3)cc2C)cc1. The summed E-state index contributed by atoms with van der Waals surface area (Å²) in [5, 5.41) is 6.03. The molecule has 6 nitrogen and oxygen atoms in total. The van der Waals surface area contributed by atoms with Gasteiger partial charge in [-0.15, -0.1) is 0 Å². The minimum absolute atomic E-state index is 0.127. The molecular weight excluding hydrogens is 524 g/mol. The Kier molecular flexibility index (Phi) is 10.0. The third-order valence-corrected chi connectivity index (χ3v) is 7.34. The van der Waals surface area contributed by atoms with Crippen LogP contribution in [0.4, 0.5) is 11.4 Å². The van der Waals surface area contributed by atoms with E-state index in [4.69, 9.17) is 9.47 Å². The summed E-state index contributed by atoms with van der Waals surface area (Å²) in [6.45, 7) is 12.1. The van der Waals surface area contributed by atoms with Crippen molar-refractivity contribution in [2.45, 2.75) is 66.6 Å². The van der Waals surface area contributed by atoms with Gasteiger partial charge in [0.05, 0.1) is 12.2 Å². The molecule has 42 heavy (non-hydrogen) atoms. The number of hydrogen-bond donors (Lipinski definition) is 2. The van der Waals surface area contributed by atoms with Crippen LogP contribution < -0.4 is 20.1 Å². The van der Waals surface area contributed by atoms with Crippen molar-refractivity contribution in [3.63, 3.8) is 0 Å². The summed E-state index contributed by atoms with van der Waals surface area (Å²) in [6, 6.07) is 26.3. The first-order chi connectivity index (χ1) is 20.2. The highest BCUT2D eigenvalue weighted by Gasteiger charge is 2.12. The minimum atomic E-state index is -0.172. The lowest BCUT2D eigenvalue weighted by atomic mass is 9.99. The molecule has 0 fully saturated rings. The van der Waals surface area contributed by atoms with Crippen molar-refractivity contribution in [3.8, 4) is 22.6 Å². The maximum atomic E-state index is 12.9. The average molecular weight is 565 g/mol. The molecule has 6 heteroatoms. The molecule has 2 unspecified atom stereocenters. The maximum absolute atomic E-state index is 12.9. The molecule has 0 aliphatic heterocycles. The fourth-order valence-electron chi connectivity index (χ4n) is 4.36. The van der Waals surface area contributed by atoms with Crippen molar-refractivity contribution in [2.75, 3.05) is 10.6 Å². The first kappa shape index (κ1) is 30.4. The van der Waals surface area contributed by atoms with Crippen LogP contribution in [0.25, 0.3) is 11.1 Å². The standard InChI is InChI=1S/C36H40N2O4/c1-7-25(5)41-31-15-9-27(10-16-31)35(39)37-33-19-13-29(21-23(33)3)30-14-20-34(24(4)22-30)38-36(40)28-11-17-32(18-12-28)42-26(6)8-2/h9-22,25-26H,7-8H2,1-6H3,(H,37,39)(H,38,40). The molecule has 2 atom stereocenters. The fourth-order valence-corrected chi connectivity index (χ4v) is 4.36. The third-order valence-electron chi connectivity index (χ3n) is 7.34. The van der Waals surface area contributed by atoms with Crippen LogP contribution in [0, 0.1) is 13.8 Å². The van der Waals surface area contributed by atoms with Crippen molar-refractivity contribution >= 4 is 23.2 Å². The summed E-state index contributed by atoms with van der Waals surface area (Å²) in [4.78, 5) is 25.7. The largest absolute Gasteiger partial charge is 0.491 e. The number of benzene rings is 4. The molecule has 0 saturated carbocycles. The molecule has 0 radical (unpaired) electrons. The molecule has 2 amide bonds. The monoisotopic (exact) mass is 564 g/mol. The van der Waals surface area contributed by atoms with E-state index in [2.05, 4.69) is 36.6 Å². The van der Waals surface area contributed by atoms with Gasteiger partial charge in [-0.25, -0.2) is 0 Å². The van der Waals surface area contributed by atoms with Gasteiger partial charge in [0.2, 0.25) is 0 Å². The smallest absolute Gasteiger partial charge is 0.255 e. The molecule has 2 N–H and O–H groups in total. The minimum Gasteiger partial charge on any atom is -0.491 e. The van der Waals surface area contributed by atoms with Gasteiger partial charge < -0.3 is 20.1 Å². The number of rotatable bonds is 11. The quantitative estimate of drug-likeness (QED) is 0.191. The average Bonchev–Trinajstić information content (AvgIpc) is 2.99. The van der Waals surface area contributed by atoms with Gasteiger partial charge in [0.1, 0.15) is 11.5 Å². The summed E-state index contributed by atoms with van der Waals surface area (Å²) >= 11 is 0. The second kappa shape index (κ2) is 13.9. The van der Waals surface area contributed by atoms with E-state index in [-0.39, 0.29) is 24.0 Å². The number of nitrogens with one attached hydrogen (secondary N) is 2. The molecule has 0 bridgehead atoms. The normalized spacial score (nSPS) is 12.2. The number of amides is 2. The highest BCUT2D eigenvalue weighted by Crippen LogP contribution is 2.29. The zero-order chi connectivity index (χ0) is 30.2. The Bertz CT molecular complexity index is 1410. The van der Waals surface area contributed by atoms with Crippen LogP contribution >= 0.6 is 0 Å². The van der Waals surface area contributed by atoms with E-state index in [9.17, 15) is 9.59 Å². The first-order valence-electron chi connectivity index (χ1n) is 14.5. The van der Waals surface area contributed by atoms with E-state index in [0.29, 0.717) is 11.1 Å². The lowest BCUT2D eigenvalue weighted by Crippen LogP contribution is -2.13. The predicted octanol–water partition coefficient (Wildman–Crippen LogP) is 8.83. The lowest BCUT2D eigenvalue weighted by molar-refractivity contribution is 0.101. The molecule has 4 aromatic rings. The van der Waals surface area contributed by atoms with Gasteiger partial charge in [-0.2, -0.15) is 0 Å². The van der Waals surface area contributed by atoms with Crippen molar-refractivity contribution in [1.82, 2.24) is 0 Å². The molecule has 0 saturated heterocycles. The summed E-state index contributed by atoms with van der Waals surface area (Å²) in [5.41, 5.74) is 6.60. The second-order valence-electron chi connectivity index (χ2n) is 10.7. The van der Waals surface area contributed by atoms with Gasteiger partial charge in [0, 0.05) is 22.5 Å². The van der Waals surface area contributed by atoms with Crippen molar-refractivity contribution in [2.24, 2.45) is 0 Å². The summed E-state index contributed by atoms with van der Waals surface area (Å²) in [7, 11) is 0. The maximum Gasteiger partial charge on any atom is 0.255 e. The van der Waals surface area contributed by atoms with Gasteiger partial charge >= 0.3 is 0 Å². The molecule has 0 spiro atoms. The number of carbonyl (C=O) groups is 2. The topological polar surface area (TPSA) is 76.7 Å². The van der Waals surface area contributed by atoms with Gasteiger partial charge in [-0.1, -0.05) is 26.0 Å². The number of carbonyl (C=O) groups excluding carboxylic acids is 2. The van der Waals surface area contributed by atoms with Crippen molar-refractivity contribution in [3.05, 3.63) is 107 Å². The molecule has 0 aliphatic carbocycles.